The summed E-state index contributed by atoms with van der Waals surface area (Å²) in [6.45, 7) is 4.32. The quantitative estimate of drug-likeness (QED) is 0.512. The van der Waals surface area contributed by atoms with Crippen LogP contribution < -0.4 is 4.90 Å². The Morgan fingerprint density at radius 3 is 2.56 bits per heavy atom. The molecule has 1 amide bonds. The molecule has 0 fully saturated rings. The van der Waals surface area contributed by atoms with Crippen LogP contribution in [0.3, 0.4) is 0 Å². The summed E-state index contributed by atoms with van der Waals surface area (Å²) in [6, 6.07) is 9.98. The van der Waals surface area contributed by atoms with Crippen molar-refractivity contribution in [1.29, 1.82) is 0 Å². The number of non-ortho nitro benzene ring substituents is 1. The molecule has 136 valence electrons. The van der Waals surface area contributed by atoms with Crippen molar-refractivity contribution in [2.45, 2.75) is 26.7 Å². The standard InChI is InChI=1S/C20H18N4O3/c1-12-13(2)22-18-10-15(6-8-17(18)21-12)20(25)23-9-3-4-14-5-7-16(24(26)27)11-19(14)23/h5-8,10-11H,3-4,9H2,1-2H3. The smallest absolute Gasteiger partial charge is 0.271 e. The van der Waals surface area contributed by atoms with Gasteiger partial charge in [0.05, 0.1) is 33.0 Å². The van der Waals surface area contributed by atoms with Gasteiger partial charge in [-0.1, -0.05) is 6.07 Å². The molecule has 0 atom stereocenters. The van der Waals surface area contributed by atoms with Crippen LogP contribution in [0.15, 0.2) is 36.4 Å². The van der Waals surface area contributed by atoms with E-state index in [2.05, 4.69) is 9.97 Å². The molecule has 0 saturated carbocycles. The highest BCUT2D eigenvalue weighted by Crippen LogP contribution is 2.32. The molecule has 0 N–H and O–H groups in total. The average Bonchev–Trinajstić information content (AvgIpc) is 2.67. The van der Waals surface area contributed by atoms with Gasteiger partial charge in [0.15, 0.2) is 0 Å². The van der Waals surface area contributed by atoms with Gasteiger partial charge in [-0.05, 0) is 50.5 Å². The van der Waals surface area contributed by atoms with Crippen LogP contribution >= 0.6 is 0 Å². The van der Waals surface area contributed by atoms with Crippen molar-refractivity contribution in [2.24, 2.45) is 0 Å². The number of nitro benzene ring substituents is 1. The molecule has 0 unspecified atom stereocenters. The number of benzene rings is 2. The number of rotatable bonds is 2. The third-order valence-corrected chi connectivity index (χ3v) is 4.97. The lowest BCUT2D eigenvalue weighted by Crippen LogP contribution is -2.35. The number of fused-ring (bicyclic) bond motifs is 2. The molecule has 7 heteroatoms. The summed E-state index contributed by atoms with van der Waals surface area (Å²) >= 11 is 0. The van der Waals surface area contributed by atoms with Crippen molar-refractivity contribution < 1.29 is 9.72 Å². The van der Waals surface area contributed by atoms with E-state index in [-0.39, 0.29) is 11.6 Å². The van der Waals surface area contributed by atoms with Gasteiger partial charge in [-0.15, -0.1) is 0 Å². The zero-order chi connectivity index (χ0) is 19.1. The fourth-order valence-electron chi connectivity index (χ4n) is 3.41. The molecule has 0 spiro atoms. The van der Waals surface area contributed by atoms with E-state index in [1.54, 1.807) is 29.2 Å². The van der Waals surface area contributed by atoms with Gasteiger partial charge in [-0.25, -0.2) is 9.97 Å². The van der Waals surface area contributed by atoms with Gasteiger partial charge >= 0.3 is 0 Å². The van der Waals surface area contributed by atoms with E-state index in [4.69, 9.17) is 0 Å². The van der Waals surface area contributed by atoms with Gasteiger partial charge in [0.2, 0.25) is 0 Å². The summed E-state index contributed by atoms with van der Waals surface area (Å²) in [4.78, 5) is 34.5. The molecule has 0 aliphatic carbocycles. The zero-order valence-corrected chi connectivity index (χ0v) is 15.1. The summed E-state index contributed by atoms with van der Waals surface area (Å²) in [6.07, 6.45) is 1.63. The molecule has 1 aliphatic heterocycles. The maximum absolute atomic E-state index is 13.1. The fourth-order valence-corrected chi connectivity index (χ4v) is 3.41. The minimum absolute atomic E-state index is 0.0103. The topological polar surface area (TPSA) is 89.2 Å². The molecule has 27 heavy (non-hydrogen) atoms. The van der Waals surface area contributed by atoms with Crippen molar-refractivity contribution in [2.75, 3.05) is 11.4 Å². The number of nitrogens with zero attached hydrogens (tertiary/aromatic N) is 4. The van der Waals surface area contributed by atoms with Gasteiger partial charge < -0.3 is 4.90 Å². The second-order valence-corrected chi connectivity index (χ2v) is 6.73. The molecule has 0 bridgehead atoms. The van der Waals surface area contributed by atoms with E-state index >= 15 is 0 Å². The number of carbonyl (C=O) groups excluding carboxylic acids is 1. The van der Waals surface area contributed by atoms with Crippen LogP contribution in [-0.4, -0.2) is 27.3 Å². The predicted octanol–water partition coefficient (Wildman–Crippen LogP) is 3.75. The van der Waals surface area contributed by atoms with E-state index in [1.807, 2.05) is 13.8 Å². The molecule has 0 radical (unpaired) electrons. The second kappa shape index (κ2) is 6.42. The Balaban J connectivity index is 1.76. The van der Waals surface area contributed by atoms with Crippen molar-refractivity contribution in [3.05, 3.63) is 69.0 Å². The first-order valence-corrected chi connectivity index (χ1v) is 8.78. The van der Waals surface area contributed by atoms with Crippen molar-refractivity contribution in [3.63, 3.8) is 0 Å². The lowest BCUT2D eigenvalue weighted by atomic mass is 10.00. The Labute approximate surface area is 155 Å². The van der Waals surface area contributed by atoms with E-state index in [9.17, 15) is 14.9 Å². The van der Waals surface area contributed by atoms with Crippen molar-refractivity contribution in [1.82, 2.24) is 9.97 Å². The van der Waals surface area contributed by atoms with Crippen LogP contribution in [0.1, 0.15) is 33.7 Å². The molecule has 2 heterocycles. The van der Waals surface area contributed by atoms with Gasteiger partial charge in [0, 0.05) is 24.2 Å². The van der Waals surface area contributed by atoms with Gasteiger partial charge in [-0.3, -0.25) is 14.9 Å². The molecule has 7 nitrogen and oxygen atoms in total. The maximum atomic E-state index is 13.1. The molecule has 1 aliphatic rings. The highest BCUT2D eigenvalue weighted by Gasteiger charge is 2.26. The summed E-state index contributed by atoms with van der Waals surface area (Å²) in [5.74, 6) is -0.182. The van der Waals surface area contributed by atoms with Crippen LogP contribution in [-0.2, 0) is 6.42 Å². The third kappa shape index (κ3) is 3.01. The maximum Gasteiger partial charge on any atom is 0.271 e. The number of nitro groups is 1. The van der Waals surface area contributed by atoms with Gasteiger partial charge in [0.1, 0.15) is 0 Å². The number of hydrogen-bond donors (Lipinski definition) is 0. The highest BCUT2D eigenvalue weighted by atomic mass is 16.6. The summed E-state index contributed by atoms with van der Waals surface area (Å²) in [7, 11) is 0. The Hall–Kier alpha value is -3.35. The van der Waals surface area contributed by atoms with Crippen LogP contribution in [0.2, 0.25) is 0 Å². The molecule has 2 aromatic carbocycles. The minimum Gasteiger partial charge on any atom is -0.308 e. The molecular formula is C20H18N4O3. The third-order valence-electron chi connectivity index (χ3n) is 4.97. The Bertz CT molecular complexity index is 1090. The van der Waals surface area contributed by atoms with Crippen LogP contribution in [0.25, 0.3) is 11.0 Å². The van der Waals surface area contributed by atoms with E-state index in [1.165, 1.54) is 12.1 Å². The first-order valence-electron chi connectivity index (χ1n) is 8.78. The first-order chi connectivity index (χ1) is 12.9. The first kappa shape index (κ1) is 17.1. The van der Waals surface area contributed by atoms with Gasteiger partial charge in [-0.2, -0.15) is 0 Å². The normalized spacial score (nSPS) is 13.5. The van der Waals surface area contributed by atoms with E-state index in [0.717, 1.165) is 35.3 Å². The molecule has 0 saturated heterocycles. The predicted molar refractivity (Wildman–Crippen MR) is 102 cm³/mol. The number of hydrogen-bond acceptors (Lipinski definition) is 5. The number of carbonyl (C=O) groups is 1. The number of aryl methyl sites for hydroxylation is 3. The van der Waals surface area contributed by atoms with Crippen molar-refractivity contribution in [3.8, 4) is 0 Å². The lowest BCUT2D eigenvalue weighted by molar-refractivity contribution is -0.384. The summed E-state index contributed by atoms with van der Waals surface area (Å²) < 4.78 is 0. The number of anilines is 1. The largest absolute Gasteiger partial charge is 0.308 e. The summed E-state index contributed by atoms with van der Waals surface area (Å²) in [5.41, 5.74) is 5.15. The Kier molecular flexibility index (Phi) is 4.07. The average molecular weight is 362 g/mol. The summed E-state index contributed by atoms with van der Waals surface area (Å²) in [5, 5.41) is 11.1. The number of amides is 1. The molecule has 3 aromatic rings. The number of aromatic nitrogens is 2. The Morgan fingerprint density at radius 1 is 1.07 bits per heavy atom. The SMILES string of the molecule is Cc1nc2ccc(C(=O)N3CCCc4ccc([N+](=O)[O-])cc43)cc2nc1C. The van der Waals surface area contributed by atoms with Gasteiger partial charge in [0.25, 0.3) is 11.6 Å². The van der Waals surface area contributed by atoms with Crippen LogP contribution in [0, 0.1) is 24.0 Å². The lowest BCUT2D eigenvalue weighted by Gasteiger charge is -2.29. The highest BCUT2D eigenvalue weighted by molar-refractivity contribution is 6.08. The minimum atomic E-state index is -0.436. The fraction of sp³-hybridized carbons (Fsp3) is 0.250. The zero-order valence-electron chi connectivity index (χ0n) is 15.1. The molecule has 1 aromatic heterocycles. The van der Waals surface area contributed by atoms with E-state index < -0.39 is 4.92 Å². The second-order valence-electron chi connectivity index (χ2n) is 6.73. The monoisotopic (exact) mass is 362 g/mol. The Morgan fingerprint density at radius 2 is 1.81 bits per heavy atom. The van der Waals surface area contributed by atoms with E-state index in [0.29, 0.717) is 23.3 Å². The van der Waals surface area contributed by atoms with Crippen molar-refractivity contribution >= 4 is 28.3 Å². The molecular weight excluding hydrogens is 344 g/mol. The van der Waals surface area contributed by atoms with Crippen LogP contribution in [0.5, 0.6) is 0 Å². The molecule has 4 rings (SSSR count). The van der Waals surface area contributed by atoms with Crippen LogP contribution in [0.4, 0.5) is 11.4 Å².